The lowest BCUT2D eigenvalue weighted by Crippen LogP contribution is -2.58. The van der Waals surface area contributed by atoms with Gasteiger partial charge in [0.05, 0.1) is 0 Å². The highest BCUT2D eigenvalue weighted by Gasteiger charge is 2.63. The van der Waals surface area contributed by atoms with Gasteiger partial charge in [-0.15, -0.1) is 0 Å². The minimum atomic E-state index is -3.15. The fourth-order valence-electron chi connectivity index (χ4n) is 2.95. The second kappa shape index (κ2) is 3.84. The largest absolute Gasteiger partial charge is 0.487 e. The van der Waals surface area contributed by atoms with Crippen molar-refractivity contribution in [2.45, 2.75) is 37.3 Å². The molecule has 2 aliphatic rings. The molecule has 1 aromatic carbocycles. The quantitative estimate of drug-likeness (QED) is 0.795. The third-order valence-electron chi connectivity index (χ3n) is 3.71. The molecule has 2 heterocycles. The molecule has 2 N–H and O–H groups in total. The minimum Gasteiger partial charge on any atom is -0.487 e. The van der Waals surface area contributed by atoms with Gasteiger partial charge >= 0.3 is 5.92 Å². The Labute approximate surface area is 115 Å². The van der Waals surface area contributed by atoms with Gasteiger partial charge in [-0.25, -0.2) is 4.99 Å². The Hall–Kier alpha value is -1.85. The van der Waals surface area contributed by atoms with Gasteiger partial charge in [0.25, 0.3) is 6.02 Å². The molecule has 0 aromatic heterocycles. The van der Waals surface area contributed by atoms with E-state index in [9.17, 15) is 8.78 Å². The van der Waals surface area contributed by atoms with Gasteiger partial charge < -0.3 is 15.2 Å². The van der Waals surface area contributed by atoms with Crippen molar-refractivity contribution in [3.05, 3.63) is 29.8 Å². The number of alkyl halides is 2. The van der Waals surface area contributed by atoms with E-state index < -0.39 is 23.7 Å². The number of aliphatic imine (C=N–C) groups is 1. The van der Waals surface area contributed by atoms with Crippen molar-refractivity contribution in [3.8, 4) is 5.75 Å². The summed E-state index contributed by atoms with van der Waals surface area (Å²) in [5.74, 6) is -2.73. The van der Waals surface area contributed by atoms with Crippen molar-refractivity contribution in [1.82, 2.24) is 0 Å². The van der Waals surface area contributed by atoms with Crippen LogP contribution in [0.1, 0.15) is 25.8 Å². The number of hydrogen-bond acceptors (Lipinski definition) is 4. The summed E-state index contributed by atoms with van der Waals surface area (Å²) < 4.78 is 39.7. The molecule has 0 amide bonds. The van der Waals surface area contributed by atoms with E-state index in [4.69, 9.17) is 15.2 Å². The lowest BCUT2D eigenvalue weighted by molar-refractivity contribution is -0.148. The smallest absolute Gasteiger partial charge is 0.310 e. The number of fused-ring (bicyclic) bond motifs is 2. The first-order valence-corrected chi connectivity index (χ1v) is 6.40. The van der Waals surface area contributed by atoms with Gasteiger partial charge in [-0.3, -0.25) is 0 Å². The fraction of sp³-hybridized carbons (Fsp3) is 0.500. The highest BCUT2D eigenvalue weighted by molar-refractivity contribution is 5.73. The van der Waals surface area contributed by atoms with Crippen molar-refractivity contribution >= 4 is 6.02 Å². The van der Waals surface area contributed by atoms with E-state index in [0.717, 1.165) is 0 Å². The summed E-state index contributed by atoms with van der Waals surface area (Å²) in [7, 11) is 0. The highest BCUT2D eigenvalue weighted by Crippen LogP contribution is 2.54. The molecule has 0 radical (unpaired) electrons. The molecule has 1 unspecified atom stereocenters. The van der Waals surface area contributed by atoms with Crippen LogP contribution in [0, 0.1) is 0 Å². The van der Waals surface area contributed by atoms with Crippen LogP contribution in [0.25, 0.3) is 0 Å². The summed E-state index contributed by atoms with van der Waals surface area (Å²) in [5.41, 5.74) is 3.42. The van der Waals surface area contributed by atoms with E-state index in [1.165, 1.54) is 0 Å². The number of nitrogens with zero attached hydrogens (tertiary/aromatic N) is 1. The van der Waals surface area contributed by atoms with Gasteiger partial charge in [0, 0.05) is 12.0 Å². The Balaban J connectivity index is 2.28. The Morgan fingerprint density at radius 1 is 1.25 bits per heavy atom. The Kier molecular flexibility index (Phi) is 2.52. The van der Waals surface area contributed by atoms with Gasteiger partial charge in [-0.1, -0.05) is 18.2 Å². The maximum atomic E-state index is 14.6. The summed E-state index contributed by atoms with van der Waals surface area (Å²) in [4.78, 5) is 4.01. The molecular formula is C14H16F2N2O2. The molecular weight excluding hydrogens is 266 g/mol. The van der Waals surface area contributed by atoms with Gasteiger partial charge in [0.1, 0.15) is 11.4 Å². The summed E-state index contributed by atoms with van der Waals surface area (Å²) in [5, 5.41) is 0. The summed E-state index contributed by atoms with van der Waals surface area (Å²) in [6, 6.07) is 6.52. The van der Waals surface area contributed by atoms with Crippen LogP contribution >= 0.6 is 0 Å². The highest BCUT2D eigenvalue weighted by atomic mass is 19.3. The van der Waals surface area contributed by atoms with Crippen molar-refractivity contribution in [3.63, 3.8) is 0 Å². The number of amidine groups is 1. The third kappa shape index (κ3) is 1.74. The molecule has 0 bridgehead atoms. The molecule has 0 saturated carbocycles. The molecule has 0 aliphatic carbocycles. The third-order valence-corrected chi connectivity index (χ3v) is 3.71. The lowest BCUT2D eigenvalue weighted by Gasteiger charge is -2.48. The lowest BCUT2D eigenvalue weighted by atomic mass is 9.73. The van der Waals surface area contributed by atoms with Crippen LogP contribution in [-0.2, 0) is 10.3 Å². The van der Waals surface area contributed by atoms with E-state index in [-0.39, 0.29) is 12.4 Å². The fourth-order valence-corrected chi connectivity index (χ4v) is 2.95. The second-order valence-electron chi connectivity index (χ2n) is 5.84. The van der Waals surface area contributed by atoms with Crippen LogP contribution in [0.3, 0.4) is 0 Å². The molecule has 0 fully saturated rings. The number of hydrogen-bond donors (Lipinski definition) is 1. The first-order chi connectivity index (χ1) is 9.26. The van der Waals surface area contributed by atoms with Gasteiger partial charge in [0.2, 0.25) is 0 Å². The normalized spacial score (nSPS) is 29.9. The Bertz CT molecular complexity index is 586. The Morgan fingerprint density at radius 2 is 1.95 bits per heavy atom. The maximum Gasteiger partial charge on any atom is 0.310 e. The number of nitrogens with two attached hydrogens (primary N) is 1. The van der Waals surface area contributed by atoms with Crippen LogP contribution in [-0.4, -0.2) is 24.2 Å². The standard InChI is InChI=1S/C14H16F2N2O2/c1-12(2)7-13(9-5-3-4-6-10(9)20-12)14(15,16)8-19-11(17)18-13/h3-6H,7-8H2,1-2H3,(H2,17,18). The zero-order valence-corrected chi connectivity index (χ0v) is 11.3. The maximum absolute atomic E-state index is 14.6. The Morgan fingerprint density at radius 3 is 2.70 bits per heavy atom. The SMILES string of the molecule is CC1(C)CC2(N=C(N)OCC2(F)F)c2ccccc2O1. The zero-order valence-electron chi connectivity index (χ0n) is 11.3. The first kappa shape index (κ1) is 13.1. The van der Waals surface area contributed by atoms with Crippen molar-refractivity contribution in [2.24, 2.45) is 10.7 Å². The summed E-state index contributed by atoms with van der Waals surface area (Å²) in [6.45, 7) is 2.76. The van der Waals surface area contributed by atoms with E-state index in [0.29, 0.717) is 11.3 Å². The average molecular weight is 282 g/mol. The van der Waals surface area contributed by atoms with Crippen molar-refractivity contribution in [1.29, 1.82) is 0 Å². The van der Waals surface area contributed by atoms with Crippen LogP contribution in [0.2, 0.25) is 0 Å². The van der Waals surface area contributed by atoms with Crippen LogP contribution < -0.4 is 10.5 Å². The van der Waals surface area contributed by atoms with Crippen molar-refractivity contribution in [2.75, 3.05) is 6.61 Å². The van der Waals surface area contributed by atoms with E-state index in [2.05, 4.69) is 4.99 Å². The van der Waals surface area contributed by atoms with E-state index >= 15 is 0 Å². The predicted octanol–water partition coefficient (Wildman–Crippen LogP) is 2.42. The molecule has 3 rings (SSSR count). The number of halogens is 2. The minimum absolute atomic E-state index is 0.0358. The molecule has 1 aromatic rings. The van der Waals surface area contributed by atoms with Crippen LogP contribution in [0.15, 0.2) is 29.3 Å². The first-order valence-electron chi connectivity index (χ1n) is 6.40. The van der Waals surface area contributed by atoms with E-state index in [1.54, 1.807) is 38.1 Å². The molecule has 108 valence electrons. The predicted molar refractivity (Wildman–Crippen MR) is 70.0 cm³/mol. The molecule has 4 nitrogen and oxygen atoms in total. The van der Waals surface area contributed by atoms with E-state index in [1.807, 2.05) is 0 Å². The van der Waals surface area contributed by atoms with Gasteiger partial charge in [-0.05, 0) is 19.9 Å². The number of rotatable bonds is 0. The monoisotopic (exact) mass is 282 g/mol. The number of para-hydroxylation sites is 1. The van der Waals surface area contributed by atoms with Crippen LogP contribution in [0.5, 0.6) is 5.75 Å². The molecule has 1 atom stereocenters. The van der Waals surface area contributed by atoms with Gasteiger partial charge in [0.15, 0.2) is 12.1 Å². The summed E-state index contributed by atoms with van der Waals surface area (Å²) >= 11 is 0. The molecule has 6 heteroatoms. The summed E-state index contributed by atoms with van der Waals surface area (Å²) in [6.07, 6.45) is 0.0358. The molecule has 0 saturated heterocycles. The second-order valence-corrected chi connectivity index (χ2v) is 5.84. The molecule has 20 heavy (non-hydrogen) atoms. The van der Waals surface area contributed by atoms with Crippen LogP contribution in [0.4, 0.5) is 8.78 Å². The number of ether oxygens (including phenoxy) is 2. The molecule has 1 spiro atoms. The number of benzene rings is 1. The zero-order chi connectivity index (χ0) is 14.6. The average Bonchev–Trinajstić information content (AvgIpc) is 2.33. The molecule has 2 aliphatic heterocycles. The van der Waals surface area contributed by atoms with Gasteiger partial charge in [-0.2, -0.15) is 8.78 Å². The van der Waals surface area contributed by atoms with Crippen molar-refractivity contribution < 1.29 is 18.3 Å². The topological polar surface area (TPSA) is 56.8 Å².